The van der Waals surface area contributed by atoms with Gasteiger partial charge in [-0.2, -0.15) is 0 Å². The Kier molecular flexibility index (Phi) is 4.95. The zero-order valence-corrected chi connectivity index (χ0v) is 11.7. The van der Waals surface area contributed by atoms with Gasteiger partial charge in [0.1, 0.15) is 11.5 Å². The van der Waals surface area contributed by atoms with Crippen molar-refractivity contribution in [3.63, 3.8) is 0 Å². The first kappa shape index (κ1) is 14.3. The first-order chi connectivity index (χ1) is 8.51. The Morgan fingerprint density at radius 2 is 1.83 bits per heavy atom. The smallest absolute Gasteiger partial charge is 0.163 e. The van der Waals surface area contributed by atoms with Gasteiger partial charge in [-0.1, -0.05) is 11.6 Å². The van der Waals surface area contributed by atoms with Crippen LogP contribution in [0.4, 0.5) is 0 Å². The van der Waals surface area contributed by atoms with Crippen LogP contribution in [-0.4, -0.2) is 20.0 Å². The zero-order chi connectivity index (χ0) is 13.7. The van der Waals surface area contributed by atoms with E-state index in [2.05, 4.69) is 6.08 Å². The molecule has 0 aliphatic heterocycles. The van der Waals surface area contributed by atoms with Crippen LogP contribution in [-0.2, 0) is 6.42 Å². The van der Waals surface area contributed by atoms with Gasteiger partial charge in [0, 0.05) is 5.56 Å². The highest BCUT2D eigenvalue weighted by molar-refractivity contribution is 5.97. The van der Waals surface area contributed by atoms with Crippen LogP contribution < -0.4 is 9.47 Å². The quantitative estimate of drug-likeness (QED) is 0.591. The summed E-state index contributed by atoms with van der Waals surface area (Å²) in [6.07, 6.45) is 2.78. The number of Topliss-reactive ketones (excluding diaryl/α,β-unsaturated/α-hetero) is 1. The van der Waals surface area contributed by atoms with Gasteiger partial charge < -0.3 is 9.47 Å². The van der Waals surface area contributed by atoms with Gasteiger partial charge in [0.15, 0.2) is 5.78 Å². The molecule has 18 heavy (non-hydrogen) atoms. The number of benzene rings is 1. The SMILES string of the molecule is COc1ccc(C(C)=O)c(OC)c1CC=C(C)C. The molecule has 1 rings (SSSR count). The van der Waals surface area contributed by atoms with Gasteiger partial charge in [-0.3, -0.25) is 4.79 Å². The van der Waals surface area contributed by atoms with Crippen molar-refractivity contribution in [2.24, 2.45) is 0 Å². The Morgan fingerprint density at radius 1 is 1.17 bits per heavy atom. The van der Waals surface area contributed by atoms with Crippen LogP contribution >= 0.6 is 0 Å². The first-order valence-corrected chi connectivity index (χ1v) is 5.89. The molecule has 3 heteroatoms. The molecule has 0 radical (unpaired) electrons. The molecule has 0 bridgehead atoms. The Hall–Kier alpha value is -1.77. The molecule has 0 aromatic heterocycles. The summed E-state index contributed by atoms with van der Waals surface area (Å²) in [6.45, 7) is 5.61. The Bertz CT molecular complexity index is 469. The summed E-state index contributed by atoms with van der Waals surface area (Å²) in [6, 6.07) is 3.55. The van der Waals surface area contributed by atoms with Crippen molar-refractivity contribution in [1.29, 1.82) is 0 Å². The molecule has 1 aromatic carbocycles. The van der Waals surface area contributed by atoms with Crippen molar-refractivity contribution < 1.29 is 14.3 Å². The van der Waals surface area contributed by atoms with Gasteiger partial charge in [0.2, 0.25) is 0 Å². The number of hydrogen-bond donors (Lipinski definition) is 0. The van der Waals surface area contributed by atoms with Crippen molar-refractivity contribution in [2.75, 3.05) is 14.2 Å². The van der Waals surface area contributed by atoms with Gasteiger partial charge >= 0.3 is 0 Å². The molecule has 0 aliphatic rings. The lowest BCUT2D eigenvalue weighted by atomic mass is 10.0. The topological polar surface area (TPSA) is 35.5 Å². The monoisotopic (exact) mass is 248 g/mol. The molecule has 0 amide bonds. The predicted octanol–water partition coefficient (Wildman–Crippen LogP) is 3.42. The fraction of sp³-hybridized carbons (Fsp3) is 0.400. The predicted molar refractivity (Wildman–Crippen MR) is 72.7 cm³/mol. The maximum absolute atomic E-state index is 11.6. The molecule has 3 nitrogen and oxygen atoms in total. The molecule has 0 atom stereocenters. The second-order valence-corrected chi connectivity index (χ2v) is 4.37. The standard InChI is InChI=1S/C15H20O3/c1-10(2)6-7-13-14(17-4)9-8-12(11(3)16)15(13)18-5/h6,8-9H,7H2,1-5H3. The molecule has 0 aliphatic carbocycles. The molecule has 0 spiro atoms. The van der Waals surface area contributed by atoms with Crippen LogP contribution in [0.1, 0.15) is 36.7 Å². The van der Waals surface area contributed by atoms with Gasteiger partial charge in [-0.25, -0.2) is 0 Å². The van der Waals surface area contributed by atoms with Crippen LogP contribution in [0.25, 0.3) is 0 Å². The Morgan fingerprint density at radius 3 is 2.28 bits per heavy atom. The summed E-state index contributed by atoms with van der Waals surface area (Å²) in [4.78, 5) is 11.6. The molecule has 0 unspecified atom stereocenters. The van der Waals surface area contributed by atoms with Crippen LogP contribution in [0, 0.1) is 0 Å². The van der Waals surface area contributed by atoms with Crippen LogP contribution in [0.3, 0.4) is 0 Å². The highest BCUT2D eigenvalue weighted by Crippen LogP contribution is 2.33. The summed E-state index contributed by atoms with van der Waals surface area (Å²) < 4.78 is 10.7. The van der Waals surface area contributed by atoms with E-state index in [0.717, 1.165) is 11.3 Å². The average molecular weight is 248 g/mol. The molecule has 0 heterocycles. The molecular weight excluding hydrogens is 228 g/mol. The Balaban J connectivity index is 3.36. The van der Waals surface area contributed by atoms with E-state index in [1.54, 1.807) is 20.3 Å². The van der Waals surface area contributed by atoms with E-state index in [0.29, 0.717) is 17.7 Å². The van der Waals surface area contributed by atoms with Crippen molar-refractivity contribution in [1.82, 2.24) is 0 Å². The third-order valence-electron chi connectivity index (χ3n) is 2.74. The summed E-state index contributed by atoms with van der Waals surface area (Å²) in [7, 11) is 3.20. The van der Waals surface area contributed by atoms with Gasteiger partial charge in [-0.05, 0) is 39.3 Å². The number of hydrogen-bond acceptors (Lipinski definition) is 3. The number of methoxy groups -OCH3 is 2. The maximum atomic E-state index is 11.6. The van der Waals surface area contributed by atoms with Gasteiger partial charge in [0.05, 0.1) is 19.8 Å². The number of carbonyl (C=O) groups is 1. The molecule has 0 saturated heterocycles. The number of ketones is 1. The summed E-state index contributed by atoms with van der Waals surface area (Å²) in [5.74, 6) is 1.35. The summed E-state index contributed by atoms with van der Waals surface area (Å²) >= 11 is 0. The third kappa shape index (κ3) is 3.13. The maximum Gasteiger partial charge on any atom is 0.163 e. The van der Waals surface area contributed by atoms with E-state index in [4.69, 9.17) is 9.47 Å². The number of allylic oxidation sites excluding steroid dienone is 2. The zero-order valence-electron chi connectivity index (χ0n) is 11.7. The van der Waals surface area contributed by atoms with E-state index < -0.39 is 0 Å². The molecule has 1 aromatic rings. The molecule has 0 N–H and O–H groups in total. The van der Waals surface area contributed by atoms with E-state index in [9.17, 15) is 4.79 Å². The fourth-order valence-corrected chi connectivity index (χ4v) is 1.81. The molecule has 0 saturated carbocycles. The average Bonchev–Trinajstić information content (AvgIpc) is 2.34. The van der Waals surface area contributed by atoms with E-state index in [1.165, 1.54) is 12.5 Å². The van der Waals surface area contributed by atoms with Crippen molar-refractivity contribution in [3.05, 3.63) is 34.9 Å². The van der Waals surface area contributed by atoms with Crippen molar-refractivity contribution >= 4 is 5.78 Å². The minimum atomic E-state index is -0.00652. The number of carbonyl (C=O) groups excluding carboxylic acids is 1. The minimum Gasteiger partial charge on any atom is -0.496 e. The lowest BCUT2D eigenvalue weighted by Crippen LogP contribution is -2.03. The third-order valence-corrected chi connectivity index (χ3v) is 2.74. The van der Waals surface area contributed by atoms with E-state index in [-0.39, 0.29) is 5.78 Å². The number of rotatable bonds is 5. The minimum absolute atomic E-state index is 0.00652. The van der Waals surface area contributed by atoms with Crippen LogP contribution in [0.15, 0.2) is 23.8 Å². The second-order valence-electron chi connectivity index (χ2n) is 4.37. The van der Waals surface area contributed by atoms with Crippen LogP contribution in [0.2, 0.25) is 0 Å². The summed E-state index contributed by atoms with van der Waals surface area (Å²) in [5.41, 5.74) is 2.72. The second kappa shape index (κ2) is 6.24. The highest BCUT2D eigenvalue weighted by Gasteiger charge is 2.16. The van der Waals surface area contributed by atoms with E-state index in [1.807, 2.05) is 19.9 Å². The van der Waals surface area contributed by atoms with Gasteiger partial charge in [0.25, 0.3) is 0 Å². The lowest BCUT2D eigenvalue weighted by Gasteiger charge is -2.15. The molecular formula is C15H20O3. The fourth-order valence-electron chi connectivity index (χ4n) is 1.81. The van der Waals surface area contributed by atoms with Crippen molar-refractivity contribution in [3.8, 4) is 11.5 Å². The number of ether oxygens (including phenoxy) is 2. The van der Waals surface area contributed by atoms with Crippen molar-refractivity contribution in [2.45, 2.75) is 27.2 Å². The van der Waals surface area contributed by atoms with E-state index >= 15 is 0 Å². The highest BCUT2D eigenvalue weighted by atomic mass is 16.5. The molecule has 98 valence electrons. The Labute approximate surface area is 108 Å². The van der Waals surface area contributed by atoms with Gasteiger partial charge in [-0.15, -0.1) is 0 Å². The normalized spacial score (nSPS) is 9.83. The lowest BCUT2D eigenvalue weighted by molar-refractivity contribution is 0.101. The largest absolute Gasteiger partial charge is 0.496 e. The molecule has 0 fully saturated rings. The van der Waals surface area contributed by atoms with Crippen LogP contribution in [0.5, 0.6) is 11.5 Å². The first-order valence-electron chi connectivity index (χ1n) is 5.89. The summed E-state index contributed by atoms with van der Waals surface area (Å²) in [5, 5.41) is 0.